The van der Waals surface area contributed by atoms with Gasteiger partial charge in [0.15, 0.2) is 0 Å². The lowest BCUT2D eigenvalue weighted by Gasteiger charge is -2.33. The molecule has 1 atom stereocenters. The molecule has 1 aliphatic heterocycles. The highest BCUT2D eigenvalue weighted by atomic mass is 35.5. The molecule has 1 aliphatic rings. The molecule has 0 spiro atoms. The average molecular weight is 257 g/mol. The summed E-state index contributed by atoms with van der Waals surface area (Å²) in [5, 5.41) is 4.26. The van der Waals surface area contributed by atoms with Crippen LogP contribution in [0.4, 0.5) is 5.69 Å². The van der Waals surface area contributed by atoms with Crippen molar-refractivity contribution in [1.82, 2.24) is 9.78 Å². The quantitative estimate of drug-likeness (QED) is 0.842. The lowest BCUT2D eigenvalue weighted by Crippen LogP contribution is -2.39. The third kappa shape index (κ3) is 2.45. The summed E-state index contributed by atoms with van der Waals surface area (Å²) in [6, 6.07) is 0. The number of aryl methyl sites for hydroxylation is 1. The Morgan fingerprint density at radius 2 is 2.41 bits per heavy atom. The number of aromatic nitrogens is 2. The van der Waals surface area contributed by atoms with Gasteiger partial charge in [0.05, 0.1) is 11.9 Å². The second-order valence-electron chi connectivity index (χ2n) is 4.46. The summed E-state index contributed by atoms with van der Waals surface area (Å²) in [4.78, 5) is 13.8. The Morgan fingerprint density at radius 3 is 3.12 bits per heavy atom. The number of hydrogen-bond acceptors (Lipinski definition) is 4. The first-order valence-electron chi connectivity index (χ1n) is 5.80. The van der Waals surface area contributed by atoms with E-state index in [9.17, 15) is 4.79 Å². The molecule has 0 radical (unpaired) electrons. The van der Waals surface area contributed by atoms with Crippen LogP contribution in [-0.2, 0) is 7.05 Å². The standard InChI is InChI=1S/C11H17ClN4O/c1-15-11(17)10(12)9(6-14-15)16-4-2-3-8(5-13)7-16/h6,8H,2-5,7,13H2,1H3/t8-/m1/s1. The van der Waals surface area contributed by atoms with Crippen LogP contribution in [0.1, 0.15) is 12.8 Å². The highest BCUT2D eigenvalue weighted by molar-refractivity contribution is 6.33. The third-order valence-electron chi connectivity index (χ3n) is 3.25. The molecule has 5 nitrogen and oxygen atoms in total. The first kappa shape index (κ1) is 12.4. The van der Waals surface area contributed by atoms with Crippen LogP contribution < -0.4 is 16.2 Å². The minimum Gasteiger partial charge on any atom is -0.369 e. The van der Waals surface area contributed by atoms with E-state index >= 15 is 0 Å². The van der Waals surface area contributed by atoms with Crippen LogP contribution in [0.25, 0.3) is 0 Å². The fraction of sp³-hybridized carbons (Fsp3) is 0.636. The van der Waals surface area contributed by atoms with Crippen molar-refractivity contribution < 1.29 is 0 Å². The molecular weight excluding hydrogens is 240 g/mol. The maximum Gasteiger partial charge on any atom is 0.287 e. The summed E-state index contributed by atoms with van der Waals surface area (Å²) in [6.07, 6.45) is 3.87. The highest BCUT2D eigenvalue weighted by Gasteiger charge is 2.22. The van der Waals surface area contributed by atoms with Crippen molar-refractivity contribution in [3.8, 4) is 0 Å². The Bertz CT molecular complexity index is 459. The van der Waals surface area contributed by atoms with Crippen LogP contribution in [0.3, 0.4) is 0 Å². The fourth-order valence-electron chi connectivity index (χ4n) is 2.20. The molecule has 0 amide bonds. The smallest absolute Gasteiger partial charge is 0.287 e. The first-order valence-corrected chi connectivity index (χ1v) is 6.18. The van der Waals surface area contributed by atoms with Gasteiger partial charge in [0, 0.05) is 20.1 Å². The minimum absolute atomic E-state index is 0.250. The Kier molecular flexibility index (Phi) is 3.69. The topological polar surface area (TPSA) is 64.2 Å². The number of hydrogen-bond donors (Lipinski definition) is 1. The van der Waals surface area contributed by atoms with Gasteiger partial charge in [-0.05, 0) is 25.3 Å². The van der Waals surface area contributed by atoms with Gasteiger partial charge in [-0.2, -0.15) is 5.10 Å². The molecule has 94 valence electrons. The SMILES string of the molecule is Cn1ncc(N2CCC[C@H](CN)C2)c(Cl)c1=O. The lowest BCUT2D eigenvalue weighted by atomic mass is 9.98. The Balaban J connectivity index is 2.28. The summed E-state index contributed by atoms with van der Waals surface area (Å²) in [5.74, 6) is 0.476. The predicted molar refractivity (Wildman–Crippen MR) is 68.5 cm³/mol. The number of halogens is 1. The number of nitrogens with zero attached hydrogens (tertiary/aromatic N) is 3. The molecule has 2 N–H and O–H groups in total. The fourth-order valence-corrected chi connectivity index (χ4v) is 2.49. The summed E-state index contributed by atoms with van der Waals surface area (Å²) in [5.41, 5.74) is 6.17. The largest absolute Gasteiger partial charge is 0.369 e. The summed E-state index contributed by atoms with van der Waals surface area (Å²) in [7, 11) is 1.59. The second-order valence-corrected chi connectivity index (χ2v) is 4.84. The number of anilines is 1. The van der Waals surface area contributed by atoms with Gasteiger partial charge in [-0.25, -0.2) is 4.68 Å². The summed E-state index contributed by atoms with van der Waals surface area (Å²) < 4.78 is 1.25. The van der Waals surface area contributed by atoms with Crippen molar-refractivity contribution in [3.05, 3.63) is 21.6 Å². The van der Waals surface area contributed by atoms with Gasteiger partial charge in [0.2, 0.25) is 0 Å². The van der Waals surface area contributed by atoms with Gasteiger partial charge >= 0.3 is 0 Å². The van der Waals surface area contributed by atoms with Gasteiger partial charge in [0.25, 0.3) is 5.56 Å². The van der Waals surface area contributed by atoms with Gasteiger partial charge in [-0.15, -0.1) is 0 Å². The highest BCUT2D eigenvalue weighted by Crippen LogP contribution is 2.26. The van der Waals surface area contributed by atoms with E-state index in [2.05, 4.69) is 10.00 Å². The van der Waals surface area contributed by atoms with Crippen molar-refractivity contribution in [2.75, 3.05) is 24.5 Å². The van der Waals surface area contributed by atoms with Crippen LogP contribution >= 0.6 is 11.6 Å². The average Bonchev–Trinajstić information content (AvgIpc) is 2.36. The van der Waals surface area contributed by atoms with E-state index in [-0.39, 0.29) is 10.6 Å². The maximum atomic E-state index is 11.7. The van der Waals surface area contributed by atoms with Crippen molar-refractivity contribution >= 4 is 17.3 Å². The van der Waals surface area contributed by atoms with E-state index < -0.39 is 0 Å². The number of nitrogens with two attached hydrogens (primary N) is 1. The zero-order valence-corrected chi connectivity index (χ0v) is 10.7. The zero-order valence-electron chi connectivity index (χ0n) is 9.90. The van der Waals surface area contributed by atoms with Crippen molar-refractivity contribution in [3.63, 3.8) is 0 Å². The molecule has 1 aromatic heterocycles. The first-order chi connectivity index (χ1) is 8.13. The zero-order chi connectivity index (χ0) is 12.4. The second kappa shape index (κ2) is 5.06. The number of rotatable bonds is 2. The lowest BCUT2D eigenvalue weighted by molar-refractivity contribution is 0.423. The Labute approximate surface area is 105 Å². The molecule has 0 bridgehead atoms. The monoisotopic (exact) mass is 256 g/mol. The molecule has 0 unspecified atom stereocenters. The minimum atomic E-state index is -0.251. The van der Waals surface area contributed by atoms with Gasteiger partial charge in [0.1, 0.15) is 5.02 Å². The molecule has 1 saturated heterocycles. The molecule has 0 aromatic carbocycles. The van der Waals surface area contributed by atoms with Crippen molar-refractivity contribution in [2.24, 2.45) is 18.7 Å². The van der Waals surface area contributed by atoms with Crippen molar-refractivity contribution in [1.29, 1.82) is 0 Å². The van der Waals surface area contributed by atoms with Crippen LogP contribution in [-0.4, -0.2) is 29.4 Å². The van der Waals surface area contributed by atoms with Gasteiger partial charge in [-0.3, -0.25) is 4.79 Å². The molecule has 0 aliphatic carbocycles. The van der Waals surface area contributed by atoms with Crippen LogP contribution in [0, 0.1) is 5.92 Å². The van der Waals surface area contributed by atoms with Crippen LogP contribution in [0.2, 0.25) is 5.02 Å². The van der Waals surface area contributed by atoms with E-state index in [0.717, 1.165) is 31.6 Å². The third-order valence-corrected chi connectivity index (χ3v) is 3.61. The summed E-state index contributed by atoms with van der Waals surface area (Å²) in [6.45, 7) is 2.43. The van der Waals surface area contributed by atoms with E-state index in [1.54, 1.807) is 13.2 Å². The molecular formula is C11H17ClN4O. The van der Waals surface area contributed by atoms with Crippen LogP contribution in [0.15, 0.2) is 11.0 Å². The normalized spacial score (nSPS) is 20.6. The van der Waals surface area contributed by atoms with E-state index in [0.29, 0.717) is 12.5 Å². The van der Waals surface area contributed by atoms with Crippen molar-refractivity contribution in [2.45, 2.75) is 12.8 Å². The van der Waals surface area contributed by atoms with Gasteiger partial charge < -0.3 is 10.6 Å². The molecule has 2 heterocycles. The van der Waals surface area contributed by atoms with E-state index in [1.807, 2.05) is 0 Å². The van der Waals surface area contributed by atoms with Crippen LogP contribution in [0.5, 0.6) is 0 Å². The molecule has 0 saturated carbocycles. The summed E-state index contributed by atoms with van der Waals surface area (Å²) >= 11 is 6.08. The Morgan fingerprint density at radius 1 is 1.65 bits per heavy atom. The molecule has 2 rings (SSSR count). The maximum absolute atomic E-state index is 11.7. The van der Waals surface area contributed by atoms with Gasteiger partial charge in [-0.1, -0.05) is 11.6 Å². The number of piperidine rings is 1. The molecule has 1 aromatic rings. The van der Waals surface area contributed by atoms with E-state index in [1.165, 1.54) is 4.68 Å². The molecule has 17 heavy (non-hydrogen) atoms. The molecule has 1 fully saturated rings. The van der Waals surface area contributed by atoms with E-state index in [4.69, 9.17) is 17.3 Å². The molecule has 6 heteroatoms. The Hall–Kier alpha value is -1.07. The predicted octanol–water partition coefficient (Wildman–Crippen LogP) is 0.609.